The smallest absolute Gasteiger partial charge is 0.348 e. The highest BCUT2D eigenvalue weighted by Gasteiger charge is 2.11. The molecule has 0 aliphatic rings. The van der Waals surface area contributed by atoms with Gasteiger partial charge in [0.15, 0.2) is 0 Å². The Hall–Kier alpha value is -1.32. The number of hydrogen-bond acceptors (Lipinski definition) is 3. The van der Waals surface area contributed by atoms with Crippen molar-refractivity contribution >= 4 is 28.9 Å². The fourth-order valence-electron chi connectivity index (χ4n) is 1.38. The molecule has 0 atom stereocenters. The molecule has 0 bridgehead atoms. The molecule has 2 aromatic rings. The maximum absolute atomic E-state index is 11.3. The SMILES string of the molecule is COC(=O)c1cc(-c2ccccc2Cl)cs1. The van der Waals surface area contributed by atoms with Gasteiger partial charge >= 0.3 is 5.97 Å². The number of benzene rings is 1. The third-order valence-corrected chi connectivity index (χ3v) is 3.41. The van der Waals surface area contributed by atoms with Crippen molar-refractivity contribution in [2.24, 2.45) is 0 Å². The summed E-state index contributed by atoms with van der Waals surface area (Å²) in [5.41, 5.74) is 1.87. The number of methoxy groups -OCH3 is 1. The van der Waals surface area contributed by atoms with Gasteiger partial charge in [-0.25, -0.2) is 4.79 Å². The summed E-state index contributed by atoms with van der Waals surface area (Å²) >= 11 is 7.42. The molecule has 1 aromatic heterocycles. The van der Waals surface area contributed by atoms with Crippen molar-refractivity contribution in [3.63, 3.8) is 0 Å². The fraction of sp³-hybridized carbons (Fsp3) is 0.0833. The van der Waals surface area contributed by atoms with Crippen molar-refractivity contribution in [3.8, 4) is 11.1 Å². The Balaban J connectivity index is 2.39. The first-order valence-electron chi connectivity index (χ1n) is 4.64. The van der Waals surface area contributed by atoms with Crippen LogP contribution >= 0.6 is 22.9 Å². The van der Waals surface area contributed by atoms with E-state index in [2.05, 4.69) is 4.74 Å². The highest BCUT2D eigenvalue weighted by molar-refractivity contribution is 7.12. The predicted molar refractivity (Wildman–Crippen MR) is 66.1 cm³/mol. The predicted octanol–water partition coefficient (Wildman–Crippen LogP) is 3.86. The molecule has 1 heterocycles. The van der Waals surface area contributed by atoms with Crippen LogP contribution in [-0.4, -0.2) is 13.1 Å². The Morgan fingerprint density at radius 3 is 2.81 bits per heavy atom. The maximum Gasteiger partial charge on any atom is 0.348 e. The molecule has 0 saturated heterocycles. The zero-order valence-corrected chi connectivity index (χ0v) is 10.1. The second-order valence-corrected chi connectivity index (χ2v) is 4.49. The van der Waals surface area contributed by atoms with Crippen LogP contribution in [0.1, 0.15) is 9.67 Å². The lowest BCUT2D eigenvalue weighted by atomic mass is 10.1. The Kier molecular flexibility index (Phi) is 3.27. The largest absolute Gasteiger partial charge is 0.465 e. The highest BCUT2D eigenvalue weighted by atomic mass is 35.5. The summed E-state index contributed by atoms with van der Waals surface area (Å²) in [6.45, 7) is 0. The maximum atomic E-state index is 11.3. The van der Waals surface area contributed by atoms with Crippen LogP contribution in [-0.2, 0) is 4.74 Å². The van der Waals surface area contributed by atoms with Gasteiger partial charge in [0.05, 0.1) is 7.11 Å². The first-order valence-corrected chi connectivity index (χ1v) is 5.90. The van der Waals surface area contributed by atoms with Crippen molar-refractivity contribution in [3.05, 3.63) is 45.6 Å². The zero-order chi connectivity index (χ0) is 11.5. The normalized spacial score (nSPS) is 10.1. The number of hydrogen-bond donors (Lipinski definition) is 0. The summed E-state index contributed by atoms with van der Waals surface area (Å²) in [7, 11) is 1.37. The lowest BCUT2D eigenvalue weighted by molar-refractivity contribution is 0.0606. The summed E-state index contributed by atoms with van der Waals surface area (Å²) < 4.78 is 4.65. The number of carbonyl (C=O) groups is 1. The minimum absolute atomic E-state index is 0.316. The lowest BCUT2D eigenvalue weighted by Gasteiger charge is -1.99. The van der Waals surface area contributed by atoms with Crippen LogP contribution in [0, 0.1) is 0 Å². The van der Waals surface area contributed by atoms with E-state index in [1.54, 1.807) is 6.07 Å². The van der Waals surface area contributed by atoms with Gasteiger partial charge in [0.2, 0.25) is 0 Å². The third kappa shape index (κ3) is 2.10. The number of halogens is 1. The van der Waals surface area contributed by atoms with Crippen molar-refractivity contribution < 1.29 is 9.53 Å². The quantitative estimate of drug-likeness (QED) is 0.759. The topological polar surface area (TPSA) is 26.3 Å². The molecule has 16 heavy (non-hydrogen) atoms. The van der Waals surface area contributed by atoms with E-state index in [-0.39, 0.29) is 5.97 Å². The van der Waals surface area contributed by atoms with Crippen molar-refractivity contribution in [2.45, 2.75) is 0 Å². The van der Waals surface area contributed by atoms with E-state index in [1.807, 2.05) is 29.6 Å². The zero-order valence-electron chi connectivity index (χ0n) is 8.57. The number of carbonyl (C=O) groups excluding carboxylic acids is 1. The van der Waals surface area contributed by atoms with Gasteiger partial charge < -0.3 is 4.74 Å². The Labute approximate surface area is 102 Å². The van der Waals surface area contributed by atoms with Crippen LogP contribution in [0.5, 0.6) is 0 Å². The molecule has 2 rings (SSSR count). The van der Waals surface area contributed by atoms with Gasteiger partial charge in [0, 0.05) is 10.6 Å². The van der Waals surface area contributed by atoms with Gasteiger partial charge in [-0.05, 0) is 23.1 Å². The van der Waals surface area contributed by atoms with Gasteiger partial charge in [-0.2, -0.15) is 0 Å². The van der Waals surface area contributed by atoms with Gasteiger partial charge in [-0.15, -0.1) is 11.3 Å². The molecule has 0 spiro atoms. The first-order chi connectivity index (χ1) is 7.72. The summed E-state index contributed by atoms with van der Waals surface area (Å²) in [5.74, 6) is -0.316. The lowest BCUT2D eigenvalue weighted by Crippen LogP contribution is -1.96. The second kappa shape index (κ2) is 4.68. The van der Waals surface area contributed by atoms with E-state index in [4.69, 9.17) is 11.6 Å². The molecule has 4 heteroatoms. The van der Waals surface area contributed by atoms with Gasteiger partial charge in [-0.3, -0.25) is 0 Å². The summed E-state index contributed by atoms with van der Waals surface area (Å²) in [4.78, 5) is 11.9. The van der Waals surface area contributed by atoms with E-state index in [9.17, 15) is 4.79 Å². The van der Waals surface area contributed by atoms with E-state index < -0.39 is 0 Å². The molecule has 82 valence electrons. The minimum atomic E-state index is -0.316. The molecule has 0 saturated carbocycles. The number of thiophene rings is 1. The van der Waals surface area contributed by atoms with Crippen molar-refractivity contribution in [2.75, 3.05) is 7.11 Å². The highest BCUT2D eigenvalue weighted by Crippen LogP contribution is 2.31. The standard InChI is InChI=1S/C12H9ClO2S/c1-15-12(14)11-6-8(7-16-11)9-4-2-3-5-10(9)13/h2-7H,1H3. The van der Waals surface area contributed by atoms with Crippen LogP contribution in [0.4, 0.5) is 0 Å². The van der Waals surface area contributed by atoms with Gasteiger partial charge in [-0.1, -0.05) is 29.8 Å². The Morgan fingerprint density at radius 1 is 1.38 bits per heavy atom. The van der Waals surface area contributed by atoms with Crippen LogP contribution in [0.3, 0.4) is 0 Å². The van der Waals surface area contributed by atoms with E-state index in [0.29, 0.717) is 9.90 Å². The molecule has 2 nitrogen and oxygen atoms in total. The van der Waals surface area contributed by atoms with E-state index in [1.165, 1.54) is 18.4 Å². The van der Waals surface area contributed by atoms with Crippen LogP contribution in [0.15, 0.2) is 35.7 Å². The molecule has 0 fully saturated rings. The summed E-state index contributed by atoms with van der Waals surface area (Å²) in [6.07, 6.45) is 0. The van der Waals surface area contributed by atoms with Crippen molar-refractivity contribution in [1.82, 2.24) is 0 Å². The minimum Gasteiger partial charge on any atom is -0.465 e. The van der Waals surface area contributed by atoms with Crippen LogP contribution in [0.25, 0.3) is 11.1 Å². The molecule has 1 aromatic carbocycles. The average molecular weight is 253 g/mol. The molecule has 0 amide bonds. The number of rotatable bonds is 2. The molecular formula is C12H9ClO2S. The number of ether oxygens (including phenoxy) is 1. The van der Waals surface area contributed by atoms with Gasteiger partial charge in [0.25, 0.3) is 0 Å². The Morgan fingerprint density at radius 2 is 2.12 bits per heavy atom. The summed E-state index contributed by atoms with van der Waals surface area (Å²) in [6, 6.07) is 9.33. The van der Waals surface area contributed by atoms with Crippen LogP contribution < -0.4 is 0 Å². The monoisotopic (exact) mass is 252 g/mol. The fourth-order valence-corrected chi connectivity index (χ4v) is 2.45. The molecule has 0 unspecified atom stereocenters. The van der Waals surface area contributed by atoms with Gasteiger partial charge in [0.1, 0.15) is 4.88 Å². The first kappa shape index (κ1) is 11.2. The van der Waals surface area contributed by atoms with Crippen LogP contribution in [0.2, 0.25) is 5.02 Å². The number of esters is 1. The molecule has 0 aliphatic heterocycles. The molecular weight excluding hydrogens is 244 g/mol. The average Bonchev–Trinajstić information content (AvgIpc) is 2.78. The molecule has 0 aliphatic carbocycles. The van der Waals surface area contributed by atoms with E-state index in [0.717, 1.165) is 11.1 Å². The van der Waals surface area contributed by atoms with Crippen molar-refractivity contribution in [1.29, 1.82) is 0 Å². The summed E-state index contributed by atoms with van der Waals surface area (Å²) in [5, 5.41) is 2.57. The third-order valence-electron chi connectivity index (χ3n) is 2.17. The Bertz CT molecular complexity index is 519. The second-order valence-electron chi connectivity index (χ2n) is 3.17. The molecule has 0 N–H and O–H groups in total. The molecule has 0 radical (unpaired) electrons. The van der Waals surface area contributed by atoms with E-state index >= 15 is 0 Å².